The SMILES string of the molecule is CCOC/C=C\COCC#CC(=O)c1ccccc1. The lowest BCUT2D eigenvalue weighted by Gasteiger charge is -1.94. The van der Waals surface area contributed by atoms with Crippen molar-refractivity contribution >= 4 is 5.78 Å². The molecule has 1 aromatic carbocycles. The second kappa shape index (κ2) is 10.1. The molecule has 0 aliphatic carbocycles. The van der Waals surface area contributed by atoms with E-state index >= 15 is 0 Å². The molecule has 1 rings (SSSR count). The van der Waals surface area contributed by atoms with E-state index in [1.54, 1.807) is 12.1 Å². The quantitative estimate of drug-likeness (QED) is 0.248. The van der Waals surface area contributed by atoms with Gasteiger partial charge in [-0.2, -0.15) is 0 Å². The zero-order valence-corrected chi connectivity index (χ0v) is 11.1. The fraction of sp³-hybridized carbons (Fsp3) is 0.312. The van der Waals surface area contributed by atoms with Gasteiger partial charge in [0.05, 0.1) is 13.2 Å². The minimum Gasteiger partial charge on any atom is -0.378 e. The molecule has 0 aliphatic heterocycles. The summed E-state index contributed by atoms with van der Waals surface area (Å²) >= 11 is 0. The fourth-order valence-electron chi connectivity index (χ4n) is 1.28. The Morgan fingerprint density at radius 2 is 1.84 bits per heavy atom. The van der Waals surface area contributed by atoms with Crippen molar-refractivity contribution in [3.8, 4) is 11.8 Å². The van der Waals surface area contributed by atoms with Gasteiger partial charge in [-0.05, 0) is 12.8 Å². The topological polar surface area (TPSA) is 35.5 Å². The highest BCUT2D eigenvalue weighted by atomic mass is 16.5. The number of carbonyl (C=O) groups excluding carboxylic acids is 1. The maximum atomic E-state index is 11.6. The molecule has 0 saturated heterocycles. The largest absolute Gasteiger partial charge is 0.378 e. The van der Waals surface area contributed by atoms with Crippen molar-refractivity contribution in [1.82, 2.24) is 0 Å². The molecule has 0 saturated carbocycles. The highest BCUT2D eigenvalue weighted by Crippen LogP contribution is 1.98. The van der Waals surface area contributed by atoms with E-state index in [0.717, 1.165) is 0 Å². The van der Waals surface area contributed by atoms with Crippen LogP contribution in [0.3, 0.4) is 0 Å². The standard InChI is InChI=1S/C16H18O3/c1-2-18-12-6-7-13-19-14-8-11-16(17)15-9-4-3-5-10-15/h3-7,9-10H,2,12-14H2,1H3/b7-6-. The first-order valence-electron chi connectivity index (χ1n) is 6.23. The molecule has 0 fully saturated rings. The summed E-state index contributed by atoms with van der Waals surface area (Å²) in [7, 11) is 0. The maximum Gasteiger partial charge on any atom is 0.235 e. The van der Waals surface area contributed by atoms with Gasteiger partial charge < -0.3 is 9.47 Å². The van der Waals surface area contributed by atoms with Gasteiger partial charge in [0.1, 0.15) is 6.61 Å². The number of ketones is 1. The predicted molar refractivity (Wildman–Crippen MR) is 75.0 cm³/mol. The molecule has 0 bridgehead atoms. The predicted octanol–water partition coefficient (Wildman–Crippen LogP) is 2.48. The summed E-state index contributed by atoms with van der Waals surface area (Å²) in [4.78, 5) is 11.6. The van der Waals surface area contributed by atoms with Crippen molar-refractivity contribution in [2.45, 2.75) is 6.92 Å². The van der Waals surface area contributed by atoms with Crippen LogP contribution in [0, 0.1) is 11.8 Å². The van der Waals surface area contributed by atoms with Gasteiger partial charge in [-0.15, -0.1) is 0 Å². The molecule has 0 aliphatic rings. The second-order valence-electron chi connectivity index (χ2n) is 3.64. The summed E-state index contributed by atoms with van der Waals surface area (Å²) in [6.07, 6.45) is 3.77. The van der Waals surface area contributed by atoms with Crippen molar-refractivity contribution in [2.75, 3.05) is 26.4 Å². The van der Waals surface area contributed by atoms with E-state index in [0.29, 0.717) is 25.4 Å². The van der Waals surface area contributed by atoms with Gasteiger partial charge in [0.15, 0.2) is 0 Å². The van der Waals surface area contributed by atoms with Gasteiger partial charge in [-0.3, -0.25) is 4.79 Å². The molecule has 100 valence electrons. The summed E-state index contributed by atoms with van der Waals surface area (Å²) in [5.74, 6) is 5.06. The summed E-state index contributed by atoms with van der Waals surface area (Å²) in [6.45, 7) is 3.97. The van der Waals surface area contributed by atoms with Gasteiger partial charge in [-0.1, -0.05) is 48.4 Å². The van der Waals surface area contributed by atoms with Crippen LogP contribution in [-0.2, 0) is 9.47 Å². The Balaban J connectivity index is 2.18. The lowest BCUT2D eigenvalue weighted by molar-refractivity contribution is 0.105. The highest BCUT2D eigenvalue weighted by molar-refractivity contribution is 6.08. The summed E-state index contributed by atoms with van der Waals surface area (Å²) in [5.41, 5.74) is 0.603. The zero-order chi connectivity index (χ0) is 13.8. The summed E-state index contributed by atoms with van der Waals surface area (Å²) in [6, 6.07) is 8.98. The van der Waals surface area contributed by atoms with Crippen LogP contribution in [0.4, 0.5) is 0 Å². The van der Waals surface area contributed by atoms with Crippen LogP contribution in [0.5, 0.6) is 0 Å². The van der Waals surface area contributed by atoms with Crippen molar-refractivity contribution in [3.63, 3.8) is 0 Å². The normalized spacial score (nSPS) is 10.2. The Morgan fingerprint density at radius 3 is 2.53 bits per heavy atom. The first-order valence-corrected chi connectivity index (χ1v) is 6.23. The second-order valence-corrected chi connectivity index (χ2v) is 3.64. The van der Waals surface area contributed by atoms with Gasteiger partial charge in [0, 0.05) is 12.2 Å². The Hall–Kier alpha value is -1.89. The minimum atomic E-state index is -0.184. The molecular weight excluding hydrogens is 240 g/mol. The van der Waals surface area contributed by atoms with Gasteiger partial charge in [0.25, 0.3) is 0 Å². The van der Waals surface area contributed by atoms with Crippen LogP contribution in [0.15, 0.2) is 42.5 Å². The van der Waals surface area contributed by atoms with Gasteiger partial charge >= 0.3 is 0 Å². The molecule has 0 spiro atoms. The number of carbonyl (C=O) groups is 1. The number of Topliss-reactive ketones (excluding diaryl/α,β-unsaturated/α-hetero) is 1. The first-order chi connectivity index (χ1) is 9.34. The average molecular weight is 258 g/mol. The fourth-order valence-corrected chi connectivity index (χ4v) is 1.28. The molecule has 0 atom stereocenters. The molecule has 1 aromatic rings. The monoisotopic (exact) mass is 258 g/mol. The minimum absolute atomic E-state index is 0.184. The van der Waals surface area contributed by atoms with Crippen molar-refractivity contribution in [2.24, 2.45) is 0 Å². The van der Waals surface area contributed by atoms with E-state index in [1.807, 2.05) is 37.3 Å². The van der Waals surface area contributed by atoms with Crippen molar-refractivity contribution in [3.05, 3.63) is 48.0 Å². The third-order valence-corrected chi connectivity index (χ3v) is 2.21. The third kappa shape index (κ3) is 7.20. The highest BCUT2D eigenvalue weighted by Gasteiger charge is 1.98. The van der Waals surface area contributed by atoms with E-state index < -0.39 is 0 Å². The van der Waals surface area contributed by atoms with Gasteiger partial charge in [0.2, 0.25) is 5.78 Å². The molecule has 0 N–H and O–H groups in total. The lowest BCUT2D eigenvalue weighted by atomic mass is 10.1. The zero-order valence-electron chi connectivity index (χ0n) is 11.1. The van der Waals surface area contributed by atoms with Crippen LogP contribution in [0.1, 0.15) is 17.3 Å². The molecule has 0 unspecified atom stereocenters. The molecule has 3 nitrogen and oxygen atoms in total. The van der Waals surface area contributed by atoms with Crippen LogP contribution in [0.2, 0.25) is 0 Å². The maximum absolute atomic E-state index is 11.6. The number of ether oxygens (including phenoxy) is 2. The Kier molecular flexibility index (Phi) is 8.04. The summed E-state index contributed by atoms with van der Waals surface area (Å²) < 4.78 is 10.4. The molecule has 3 heteroatoms. The smallest absolute Gasteiger partial charge is 0.235 e. The van der Waals surface area contributed by atoms with E-state index in [9.17, 15) is 4.79 Å². The van der Waals surface area contributed by atoms with Gasteiger partial charge in [-0.25, -0.2) is 0 Å². The average Bonchev–Trinajstić information content (AvgIpc) is 2.46. The lowest BCUT2D eigenvalue weighted by Crippen LogP contribution is -1.96. The number of hydrogen-bond acceptors (Lipinski definition) is 3. The number of hydrogen-bond donors (Lipinski definition) is 0. The molecule has 0 amide bonds. The number of benzene rings is 1. The van der Waals surface area contributed by atoms with E-state index in [-0.39, 0.29) is 12.4 Å². The van der Waals surface area contributed by atoms with Crippen LogP contribution in [0.25, 0.3) is 0 Å². The number of rotatable bonds is 7. The first kappa shape index (κ1) is 15.2. The van der Waals surface area contributed by atoms with Crippen molar-refractivity contribution in [1.29, 1.82) is 0 Å². The Morgan fingerprint density at radius 1 is 1.16 bits per heavy atom. The van der Waals surface area contributed by atoms with Crippen LogP contribution in [-0.4, -0.2) is 32.2 Å². The molecular formula is C16H18O3. The molecule has 0 heterocycles. The Bertz CT molecular complexity index is 452. The van der Waals surface area contributed by atoms with E-state index in [1.165, 1.54) is 0 Å². The third-order valence-electron chi connectivity index (χ3n) is 2.21. The Labute approximate surface area is 114 Å². The van der Waals surface area contributed by atoms with E-state index in [4.69, 9.17) is 9.47 Å². The van der Waals surface area contributed by atoms with Crippen LogP contribution >= 0.6 is 0 Å². The molecule has 19 heavy (non-hydrogen) atoms. The molecule has 0 radical (unpaired) electrons. The summed E-state index contributed by atoms with van der Waals surface area (Å²) in [5, 5.41) is 0. The van der Waals surface area contributed by atoms with Crippen LogP contribution < -0.4 is 0 Å². The van der Waals surface area contributed by atoms with Crippen molar-refractivity contribution < 1.29 is 14.3 Å². The van der Waals surface area contributed by atoms with E-state index in [2.05, 4.69) is 11.8 Å². The molecule has 0 aromatic heterocycles.